The average molecular weight is 227 g/mol. The van der Waals surface area contributed by atoms with Crippen LogP contribution in [-0.4, -0.2) is 6.98 Å². The third-order valence-electron chi connectivity index (χ3n) is 1.77. The van der Waals surface area contributed by atoms with E-state index in [2.05, 4.69) is 0 Å². The zero-order valence-electron chi connectivity index (χ0n) is 7.36. The highest BCUT2D eigenvalue weighted by Crippen LogP contribution is 2.33. The summed E-state index contributed by atoms with van der Waals surface area (Å²) in [5, 5.41) is 0. The first-order valence-corrected chi connectivity index (χ1v) is 4.06. The molecule has 84 valence electrons. The number of hydrogen-bond acceptors (Lipinski definition) is 0. The van der Waals surface area contributed by atoms with Crippen LogP contribution in [0.15, 0.2) is 24.3 Å². The molecule has 1 aromatic rings. The number of hydrogen-bond donors (Lipinski definition) is 0. The number of halogens is 6. The Morgan fingerprint density at radius 2 is 1.53 bits per heavy atom. The second-order valence-corrected chi connectivity index (χ2v) is 3.07. The van der Waals surface area contributed by atoms with Gasteiger partial charge in [0.25, 0.3) is 0 Å². The zero-order chi connectivity index (χ0) is 11.7. The summed E-state index contributed by atoms with van der Waals surface area (Å²) in [5.41, 5.74) is -1.94. The quantitative estimate of drug-likeness (QED) is 0.534. The van der Waals surface area contributed by atoms with E-state index in [1.165, 1.54) is 0 Å². The van der Waals surface area contributed by atoms with Gasteiger partial charge in [0.2, 0.25) is 0 Å². The molecule has 0 N–H and O–H groups in total. The molecule has 1 aromatic carbocycles. The summed E-state index contributed by atoms with van der Waals surface area (Å²) in [6.07, 6.45) is -6.24. The minimum absolute atomic E-state index is 0.650. The topological polar surface area (TPSA) is 0 Å². The Balaban J connectivity index is 3.08. The van der Waals surface area contributed by atoms with Crippen molar-refractivity contribution in [3.8, 4) is 0 Å². The van der Waals surface area contributed by atoms with Gasteiger partial charge in [-0.15, -0.1) is 0 Å². The molecule has 0 atom stereocenters. The predicted octanol–water partition coefficient (Wildman–Crippen LogP) is 3.63. The molecule has 0 heterocycles. The zero-order valence-corrected chi connectivity index (χ0v) is 7.36. The Bertz CT molecular complexity index is 340. The summed E-state index contributed by atoms with van der Waals surface area (Å²) in [5.74, 6) is 0. The van der Waals surface area contributed by atoms with Gasteiger partial charge in [-0.05, 0) is 6.07 Å². The van der Waals surface area contributed by atoms with Crippen molar-refractivity contribution in [2.75, 3.05) is 0 Å². The van der Waals surface area contributed by atoms with Crippen LogP contribution in [0, 0.1) is 0 Å². The second-order valence-electron chi connectivity index (χ2n) is 3.07. The van der Waals surface area contributed by atoms with Gasteiger partial charge in [0.05, 0.1) is 5.56 Å². The maximum atomic E-state index is 12.3. The summed E-state index contributed by atoms with van der Waals surface area (Å²) < 4.78 is 72.8. The first-order valence-electron chi connectivity index (χ1n) is 4.06. The van der Waals surface area contributed by atoms with Gasteiger partial charge in [0, 0.05) is 0 Å². The highest BCUT2D eigenvalue weighted by atomic mass is 19.4. The monoisotopic (exact) mass is 227 g/mol. The van der Waals surface area contributed by atoms with Crippen molar-refractivity contribution in [1.29, 1.82) is 0 Å². The lowest BCUT2D eigenvalue weighted by Crippen LogP contribution is -2.22. The molecular weight excluding hydrogens is 221 g/mol. The fourth-order valence-corrected chi connectivity index (χ4v) is 1.22. The molecule has 0 fully saturated rings. The van der Waals surface area contributed by atoms with Gasteiger partial charge in [-0.25, -0.2) is 0 Å². The van der Waals surface area contributed by atoms with Crippen LogP contribution in [0.4, 0.5) is 26.1 Å². The third kappa shape index (κ3) is 3.49. The van der Waals surface area contributed by atoms with E-state index in [9.17, 15) is 26.1 Å². The van der Waals surface area contributed by atoms with E-state index < -0.39 is 30.6 Å². The molecule has 0 spiro atoms. The maximum Gasteiger partial charge on any atom is 0.482 e. The lowest BCUT2D eigenvalue weighted by Gasteiger charge is -2.17. The molecule has 15 heavy (non-hydrogen) atoms. The van der Waals surface area contributed by atoms with E-state index >= 15 is 0 Å². The van der Waals surface area contributed by atoms with Gasteiger partial charge >= 0.3 is 13.2 Å². The fraction of sp³-hybridized carbons (Fsp3) is 0.250. The van der Waals surface area contributed by atoms with E-state index in [0.29, 0.717) is 6.07 Å². The Hall–Kier alpha value is -1.14. The van der Waals surface area contributed by atoms with Crippen molar-refractivity contribution in [2.45, 2.75) is 12.5 Å². The highest BCUT2D eigenvalue weighted by Gasteiger charge is 2.35. The Morgan fingerprint density at radius 1 is 1.00 bits per heavy atom. The van der Waals surface area contributed by atoms with Crippen molar-refractivity contribution < 1.29 is 26.1 Å². The molecule has 0 nitrogen and oxygen atoms in total. The Morgan fingerprint density at radius 3 is 2.00 bits per heavy atom. The van der Waals surface area contributed by atoms with Gasteiger partial charge in [-0.3, -0.25) is 0 Å². The van der Waals surface area contributed by atoms with Crippen LogP contribution in [0.3, 0.4) is 0 Å². The van der Waals surface area contributed by atoms with E-state index in [1.54, 1.807) is 0 Å². The molecular formula is C8H6BF6-. The minimum Gasteiger partial charge on any atom is -0.449 e. The molecule has 0 bridgehead atoms. The van der Waals surface area contributed by atoms with Crippen LogP contribution in [-0.2, 0) is 12.5 Å². The van der Waals surface area contributed by atoms with Crippen LogP contribution in [0.1, 0.15) is 11.1 Å². The summed E-state index contributed by atoms with van der Waals surface area (Å²) in [6, 6.07) is 3.72. The van der Waals surface area contributed by atoms with E-state index in [1.807, 2.05) is 0 Å². The standard InChI is InChI=1S/C8H6BF6/c10-8(11,12)7-4-2-1-3-6(7)5-9(13,14)15/h1-4H,5H2/q-1. The van der Waals surface area contributed by atoms with Crippen molar-refractivity contribution in [3.05, 3.63) is 35.4 Å². The minimum atomic E-state index is -5.25. The molecule has 0 aliphatic heterocycles. The van der Waals surface area contributed by atoms with Crippen molar-refractivity contribution in [1.82, 2.24) is 0 Å². The van der Waals surface area contributed by atoms with Crippen LogP contribution in [0.25, 0.3) is 0 Å². The largest absolute Gasteiger partial charge is 0.482 e. The first-order chi connectivity index (χ1) is 6.70. The van der Waals surface area contributed by atoms with Gasteiger partial charge in [0.1, 0.15) is 0 Å². The van der Waals surface area contributed by atoms with E-state index in [0.717, 1.165) is 18.2 Å². The lowest BCUT2D eigenvalue weighted by molar-refractivity contribution is -0.138. The Kier molecular flexibility index (Phi) is 3.01. The molecule has 0 aliphatic rings. The normalized spacial score (nSPS) is 12.9. The van der Waals surface area contributed by atoms with Crippen LogP contribution < -0.4 is 0 Å². The summed E-state index contributed by atoms with van der Waals surface area (Å²) >= 11 is 0. The molecule has 1 rings (SSSR count). The third-order valence-corrected chi connectivity index (χ3v) is 1.77. The van der Waals surface area contributed by atoms with Gasteiger partial charge in [0.15, 0.2) is 0 Å². The summed E-state index contributed by atoms with van der Waals surface area (Å²) in [4.78, 5) is 0. The van der Waals surface area contributed by atoms with Crippen LogP contribution >= 0.6 is 0 Å². The maximum absolute atomic E-state index is 12.3. The molecule has 0 aliphatic carbocycles. The van der Waals surface area contributed by atoms with Crippen molar-refractivity contribution in [2.24, 2.45) is 0 Å². The molecule has 0 aromatic heterocycles. The Labute approximate surface area is 82.0 Å². The van der Waals surface area contributed by atoms with Crippen LogP contribution in [0.2, 0.25) is 0 Å². The van der Waals surface area contributed by atoms with E-state index in [-0.39, 0.29) is 0 Å². The highest BCUT2D eigenvalue weighted by molar-refractivity contribution is 6.57. The SMILES string of the molecule is F[B-](F)(F)Cc1ccccc1C(F)(F)F. The molecule has 7 heteroatoms. The number of alkyl halides is 3. The molecule has 0 saturated heterocycles. The summed E-state index contributed by atoms with van der Waals surface area (Å²) in [6.45, 7) is -5.25. The molecule has 0 radical (unpaired) electrons. The number of rotatable bonds is 2. The molecule has 0 amide bonds. The second kappa shape index (κ2) is 3.79. The lowest BCUT2D eigenvalue weighted by atomic mass is 9.80. The fourth-order valence-electron chi connectivity index (χ4n) is 1.22. The average Bonchev–Trinajstić information content (AvgIpc) is 1.99. The molecule has 0 unspecified atom stereocenters. The summed E-state index contributed by atoms with van der Waals surface area (Å²) in [7, 11) is 0. The van der Waals surface area contributed by atoms with E-state index in [4.69, 9.17) is 0 Å². The van der Waals surface area contributed by atoms with Crippen LogP contribution in [0.5, 0.6) is 0 Å². The molecule has 0 saturated carbocycles. The van der Waals surface area contributed by atoms with Gasteiger partial charge in [-0.2, -0.15) is 13.2 Å². The smallest absolute Gasteiger partial charge is 0.449 e. The predicted molar refractivity (Wildman–Crippen MR) is 44.2 cm³/mol. The number of benzene rings is 1. The van der Waals surface area contributed by atoms with Gasteiger partial charge in [-0.1, -0.05) is 30.1 Å². The van der Waals surface area contributed by atoms with Crippen molar-refractivity contribution >= 4 is 6.98 Å². The first kappa shape index (κ1) is 11.9. The van der Waals surface area contributed by atoms with Crippen molar-refractivity contribution in [3.63, 3.8) is 0 Å². The van der Waals surface area contributed by atoms with Gasteiger partial charge < -0.3 is 12.9 Å².